The molecule has 0 fully saturated rings. The first-order chi connectivity index (χ1) is 7.74. The Hall–Kier alpha value is -1.82. The van der Waals surface area contributed by atoms with Crippen LogP contribution >= 0.6 is 0 Å². The molecule has 3 heteroatoms. The lowest BCUT2D eigenvalue weighted by atomic mass is 9.98. The largest absolute Gasteiger partial charge is 0.465 e. The number of benzene rings is 1. The van der Waals surface area contributed by atoms with Gasteiger partial charge in [-0.1, -0.05) is 25.5 Å². The van der Waals surface area contributed by atoms with E-state index in [0.29, 0.717) is 11.1 Å². The number of nitrogens with zero attached hydrogens (tertiary/aromatic N) is 1. The van der Waals surface area contributed by atoms with Crippen LogP contribution in [0.4, 0.5) is 0 Å². The van der Waals surface area contributed by atoms with E-state index in [0.717, 1.165) is 24.8 Å². The highest BCUT2D eigenvalue weighted by Gasteiger charge is 2.14. The second-order valence-electron chi connectivity index (χ2n) is 3.55. The summed E-state index contributed by atoms with van der Waals surface area (Å²) in [5, 5.41) is 9.09. The van der Waals surface area contributed by atoms with Crippen LogP contribution in [0.2, 0.25) is 0 Å². The quantitative estimate of drug-likeness (QED) is 0.728. The molecule has 0 heterocycles. The maximum Gasteiger partial charge on any atom is 0.339 e. The zero-order valence-electron chi connectivity index (χ0n) is 9.62. The lowest BCUT2D eigenvalue weighted by Gasteiger charge is -2.07. The van der Waals surface area contributed by atoms with Crippen LogP contribution in [0.15, 0.2) is 18.2 Å². The zero-order valence-corrected chi connectivity index (χ0v) is 9.62. The zero-order chi connectivity index (χ0) is 12.0. The fourth-order valence-corrected chi connectivity index (χ4v) is 1.59. The van der Waals surface area contributed by atoms with Crippen molar-refractivity contribution < 1.29 is 9.53 Å². The van der Waals surface area contributed by atoms with Gasteiger partial charge in [0.05, 0.1) is 18.2 Å². The van der Waals surface area contributed by atoms with Crippen molar-refractivity contribution in [2.45, 2.75) is 26.2 Å². The molecule has 1 aromatic rings. The van der Waals surface area contributed by atoms with E-state index in [1.807, 2.05) is 6.07 Å². The average molecular weight is 217 g/mol. The van der Waals surface area contributed by atoms with Gasteiger partial charge in [0.1, 0.15) is 6.07 Å². The molecule has 0 unspecified atom stereocenters. The predicted molar refractivity (Wildman–Crippen MR) is 61.1 cm³/mol. The third-order valence-electron chi connectivity index (χ3n) is 2.47. The summed E-state index contributed by atoms with van der Waals surface area (Å²) in [4.78, 5) is 11.4. The molecule has 0 amide bonds. The van der Waals surface area contributed by atoms with Crippen LogP contribution in [-0.2, 0) is 11.2 Å². The summed E-state index contributed by atoms with van der Waals surface area (Å²) in [6.07, 6.45) is 2.90. The molecule has 0 aliphatic rings. The van der Waals surface area contributed by atoms with Crippen molar-refractivity contribution in [1.29, 1.82) is 5.26 Å². The lowest BCUT2D eigenvalue weighted by molar-refractivity contribution is 0.0600. The third kappa shape index (κ3) is 2.60. The first-order valence-electron chi connectivity index (χ1n) is 5.34. The fraction of sp³-hybridized carbons (Fsp3) is 0.385. The maximum atomic E-state index is 11.4. The number of unbranched alkanes of at least 4 members (excludes halogenated alkanes) is 1. The van der Waals surface area contributed by atoms with Gasteiger partial charge in [-0.3, -0.25) is 0 Å². The smallest absolute Gasteiger partial charge is 0.339 e. The number of aryl methyl sites for hydroxylation is 1. The highest BCUT2D eigenvalue weighted by atomic mass is 16.5. The van der Waals surface area contributed by atoms with Gasteiger partial charge >= 0.3 is 5.97 Å². The molecule has 0 atom stereocenters. The van der Waals surface area contributed by atoms with E-state index in [1.165, 1.54) is 7.11 Å². The van der Waals surface area contributed by atoms with Gasteiger partial charge in [-0.2, -0.15) is 5.26 Å². The number of nitriles is 1. The van der Waals surface area contributed by atoms with Gasteiger partial charge in [-0.05, 0) is 24.5 Å². The van der Waals surface area contributed by atoms with Crippen LogP contribution in [0, 0.1) is 11.3 Å². The molecule has 0 radical (unpaired) electrons. The van der Waals surface area contributed by atoms with Crippen molar-refractivity contribution in [3.05, 3.63) is 34.9 Å². The van der Waals surface area contributed by atoms with Crippen LogP contribution in [0.1, 0.15) is 41.3 Å². The molecule has 0 N–H and O–H groups in total. The summed E-state index contributed by atoms with van der Waals surface area (Å²) in [5.74, 6) is -0.449. The Morgan fingerprint density at radius 3 is 2.81 bits per heavy atom. The summed E-state index contributed by atoms with van der Waals surface area (Å²) in [5.41, 5.74) is 1.73. The van der Waals surface area contributed by atoms with Gasteiger partial charge < -0.3 is 4.74 Å². The van der Waals surface area contributed by atoms with Crippen molar-refractivity contribution in [2.75, 3.05) is 7.11 Å². The number of hydrogen-bond donors (Lipinski definition) is 0. The molecule has 0 bridgehead atoms. The minimum absolute atomic E-state index is 0.360. The molecule has 0 saturated heterocycles. The minimum atomic E-state index is -0.449. The number of ether oxygens (including phenoxy) is 1. The number of methoxy groups -OCH3 is 1. The van der Waals surface area contributed by atoms with Crippen LogP contribution < -0.4 is 0 Å². The second kappa shape index (κ2) is 5.92. The Labute approximate surface area is 95.7 Å². The second-order valence-corrected chi connectivity index (χ2v) is 3.55. The highest BCUT2D eigenvalue weighted by molar-refractivity contribution is 5.92. The van der Waals surface area contributed by atoms with E-state index in [1.54, 1.807) is 12.1 Å². The van der Waals surface area contributed by atoms with Crippen LogP contribution in [0.3, 0.4) is 0 Å². The molecule has 0 saturated carbocycles. The van der Waals surface area contributed by atoms with Crippen molar-refractivity contribution in [2.24, 2.45) is 0 Å². The third-order valence-corrected chi connectivity index (χ3v) is 2.47. The number of carbonyl (C=O) groups excluding carboxylic acids is 1. The van der Waals surface area contributed by atoms with Crippen molar-refractivity contribution in [3.63, 3.8) is 0 Å². The minimum Gasteiger partial charge on any atom is -0.465 e. The summed E-state index contributed by atoms with van der Waals surface area (Å²) in [6.45, 7) is 2.09. The SMILES string of the molecule is CCCCc1cccc(C(=O)OC)c1C#N. The lowest BCUT2D eigenvalue weighted by Crippen LogP contribution is -2.06. The number of rotatable bonds is 4. The molecule has 0 aliphatic heterocycles. The van der Waals surface area contributed by atoms with E-state index >= 15 is 0 Å². The molecule has 0 spiro atoms. The predicted octanol–water partition coefficient (Wildman–Crippen LogP) is 2.69. The molecule has 0 aromatic heterocycles. The summed E-state index contributed by atoms with van der Waals surface area (Å²) >= 11 is 0. The van der Waals surface area contributed by atoms with Crippen molar-refractivity contribution >= 4 is 5.97 Å². The van der Waals surface area contributed by atoms with Gasteiger partial charge in [-0.25, -0.2) is 4.79 Å². The van der Waals surface area contributed by atoms with E-state index in [-0.39, 0.29) is 0 Å². The molecule has 0 aliphatic carbocycles. The normalized spacial score (nSPS) is 9.56. The molecule has 84 valence electrons. The van der Waals surface area contributed by atoms with E-state index in [9.17, 15) is 4.79 Å². The van der Waals surface area contributed by atoms with Gasteiger partial charge in [0.15, 0.2) is 0 Å². The highest BCUT2D eigenvalue weighted by Crippen LogP contribution is 2.17. The molecule has 1 rings (SSSR count). The van der Waals surface area contributed by atoms with Crippen molar-refractivity contribution in [1.82, 2.24) is 0 Å². The van der Waals surface area contributed by atoms with E-state index in [4.69, 9.17) is 5.26 Å². The maximum absolute atomic E-state index is 11.4. The number of carbonyl (C=O) groups is 1. The molecule has 1 aromatic carbocycles. The average Bonchev–Trinajstić information content (AvgIpc) is 2.34. The summed E-state index contributed by atoms with van der Waals surface area (Å²) in [6, 6.07) is 7.39. The van der Waals surface area contributed by atoms with Gasteiger partial charge in [0.2, 0.25) is 0 Å². The first-order valence-corrected chi connectivity index (χ1v) is 5.34. The Balaban J connectivity index is 3.11. The Morgan fingerprint density at radius 1 is 1.50 bits per heavy atom. The van der Waals surface area contributed by atoms with Crippen LogP contribution in [-0.4, -0.2) is 13.1 Å². The first kappa shape index (κ1) is 12.3. The number of hydrogen-bond acceptors (Lipinski definition) is 3. The fourth-order valence-electron chi connectivity index (χ4n) is 1.59. The molecule has 3 nitrogen and oxygen atoms in total. The molecule has 16 heavy (non-hydrogen) atoms. The van der Waals surface area contributed by atoms with Crippen molar-refractivity contribution in [3.8, 4) is 6.07 Å². The summed E-state index contributed by atoms with van der Waals surface area (Å²) in [7, 11) is 1.32. The monoisotopic (exact) mass is 217 g/mol. The Morgan fingerprint density at radius 2 is 2.25 bits per heavy atom. The Kier molecular flexibility index (Phi) is 4.53. The van der Waals surface area contributed by atoms with Gasteiger partial charge in [0.25, 0.3) is 0 Å². The van der Waals surface area contributed by atoms with E-state index in [2.05, 4.69) is 17.7 Å². The van der Waals surface area contributed by atoms with Gasteiger partial charge in [-0.15, -0.1) is 0 Å². The summed E-state index contributed by atoms with van der Waals surface area (Å²) < 4.78 is 4.65. The van der Waals surface area contributed by atoms with Crippen LogP contribution in [0.25, 0.3) is 0 Å². The topological polar surface area (TPSA) is 50.1 Å². The molecular formula is C13H15NO2. The van der Waals surface area contributed by atoms with Crippen LogP contribution in [0.5, 0.6) is 0 Å². The molecular weight excluding hydrogens is 202 g/mol. The standard InChI is InChI=1S/C13H15NO2/c1-3-4-6-10-7-5-8-11(12(10)9-14)13(15)16-2/h5,7-8H,3-4,6H2,1-2H3. The Bertz CT molecular complexity index is 418. The number of esters is 1. The van der Waals surface area contributed by atoms with Gasteiger partial charge in [0, 0.05) is 0 Å². The van der Waals surface area contributed by atoms with E-state index < -0.39 is 5.97 Å².